The fourth-order valence-electron chi connectivity index (χ4n) is 1.69. The van der Waals surface area contributed by atoms with Gasteiger partial charge in [0.2, 0.25) is 0 Å². The third kappa shape index (κ3) is 3.89. The van der Waals surface area contributed by atoms with Crippen LogP contribution in [0.1, 0.15) is 20.3 Å². The van der Waals surface area contributed by atoms with Crippen LogP contribution in [0.3, 0.4) is 0 Å². The Labute approximate surface area is 116 Å². The number of hydrogen-bond donors (Lipinski definition) is 1. The molecular weight excluding hydrogens is 264 g/mol. The van der Waals surface area contributed by atoms with Gasteiger partial charge in [-0.2, -0.15) is 0 Å². The molecule has 0 saturated heterocycles. The van der Waals surface area contributed by atoms with E-state index in [4.69, 9.17) is 9.47 Å². The van der Waals surface area contributed by atoms with E-state index >= 15 is 0 Å². The maximum absolute atomic E-state index is 5.50. The van der Waals surface area contributed by atoms with Crippen LogP contribution in [0, 0.1) is 0 Å². The number of fused-ring (bicyclic) bond motifs is 1. The largest absolute Gasteiger partial charge is 0.353 e. The third-order valence-electron chi connectivity index (χ3n) is 2.49. The van der Waals surface area contributed by atoms with Crippen LogP contribution in [0.5, 0.6) is 0 Å². The molecule has 0 saturated carbocycles. The lowest BCUT2D eigenvalue weighted by molar-refractivity contribution is -0.136. The molecule has 0 bridgehead atoms. The number of imidazole rings is 1. The van der Waals surface area contributed by atoms with E-state index in [1.807, 2.05) is 13.8 Å². The van der Waals surface area contributed by atoms with Crippen molar-refractivity contribution in [2.24, 2.45) is 0 Å². The zero-order valence-electron chi connectivity index (χ0n) is 11.1. The number of aromatic nitrogens is 4. The standard InChI is InChI=1S/C12H18N4O2S/c1-3-17-9(18-4-2)5-6-19-12-10-11(14-7-13-10)15-8-16-12/h7-9H,3-6H2,1-2H3,(H,13,14,15,16). The Hall–Kier alpha value is -1.18. The van der Waals surface area contributed by atoms with Gasteiger partial charge in [-0.05, 0) is 13.8 Å². The minimum absolute atomic E-state index is 0.137. The van der Waals surface area contributed by atoms with Gasteiger partial charge in [0.05, 0.1) is 6.33 Å². The molecule has 2 aromatic rings. The molecule has 0 amide bonds. The first-order valence-electron chi connectivity index (χ1n) is 6.35. The van der Waals surface area contributed by atoms with E-state index in [2.05, 4.69) is 19.9 Å². The summed E-state index contributed by atoms with van der Waals surface area (Å²) in [6.07, 6.45) is 3.86. The van der Waals surface area contributed by atoms with Gasteiger partial charge in [0.15, 0.2) is 11.9 Å². The van der Waals surface area contributed by atoms with E-state index < -0.39 is 0 Å². The molecular formula is C12H18N4O2S. The zero-order chi connectivity index (χ0) is 13.5. The highest BCUT2D eigenvalue weighted by atomic mass is 32.2. The molecule has 0 aromatic carbocycles. The molecule has 7 heteroatoms. The Morgan fingerprint density at radius 3 is 2.74 bits per heavy atom. The molecule has 19 heavy (non-hydrogen) atoms. The smallest absolute Gasteiger partial charge is 0.181 e. The molecule has 0 aliphatic rings. The van der Waals surface area contributed by atoms with Crippen LogP contribution in [-0.4, -0.2) is 45.2 Å². The van der Waals surface area contributed by atoms with Crippen LogP contribution in [-0.2, 0) is 9.47 Å². The monoisotopic (exact) mass is 282 g/mol. The highest BCUT2D eigenvalue weighted by Gasteiger charge is 2.10. The number of thioether (sulfide) groups is 1. The number of aromatic amines is 1. The second-order valence-electron chi connectivity index (χ2n) is 3.76. The summed E-state index contributed by atoms with van der Waals surface area (Å²) in [5.74, 6) is 0.871. The minimum atomic E-state index is -0.137. The first-order chi connectivity index (χ1) is 9.35. The van der Waals surface area contributed by atoms with Crippen LogP contribution < -0.4 is 0 Å². The van der Waals surface area contributed by atoms with E-state index in [0.29, 0.717) is 18.9 Å². The van der Waals surface area contributed by atoms with Gasteiger partial charge in [0.25, 0.3) is 0 Å². The number of ether oxygens (including phenoxy) is 2. The van der Waals surface area contributed by atoms with Gasteiger partial charge < -0.3 is 14.5 Å². The molecule has 2 aromatic heterocycles. The van der Waals surface area contributed by atoms with Crippen molar-refractivity contribution >= 4 is 22.9 Å². The molecule has 1 N–H and O–H groups in total. The van der Waals surface area contributed by atoms with Crippen LogP contribution in [0.25, 0.3) is 11.2 Å². The van der Waals surface area contributed by atoms with Gasteiger partial charge in [-0.3, -0.25) is 0 Å². The number of nitrogens with zero attached hydrogens (tertiary/aromatic N) is 3. The molecule has 0 unspecified atom stereocenters. The third-order valence-corrected chi connectivity index (χ3v) is 3.51. The van der Waals surface area contributed by atoms with Crippen molar-refractivity contribution < 1.29 is 9.47 Å². The number of hydrogen-bond acceptors (Lipinski definition) is 6. The maximum Gasteiger partial charge on any atom is 0.181 e. The molecule has 2 rings (SSSR count). The summed E-state index contributed by atoms with van der Waals surface area (Å²) >= 11 is 1.65. The van der Waals surface area contributed by atoms with Crippen molar-refractivity contribution in [3.05, 3.63) is 12.7 Å². The Kier molecular flexibility index (Phi) is 5.56. The van der Waals surface area contributed by atoms with Gasteiger partial charge in [-0.25, -0.2) is 15.0 Å². The second-order valence-corrected chi connectivity index (χ2v) is 4.84. The van der Waals surface area contributed by atoms with E-state index in [0.717, 1.165) is 22.7 Å². The molecule has 0 aliphatic heterocycles. The van der Waals surface area contributed by atoms with Crippen molar-refractivity contribution in [3.8, 4) is 0 Å². The summed E-state index contributed by atoms with van der Waals surface area (Å²) in [4.78, 5) is 15.5. The van der Waals surface area contributed by atoms with Crippen molar-refractivity contribution in [2.75, 3.05) is 19.0 Å². The minimum Gasteiger partial charge on any atom is -0.353 e. The van der Waals surface area contributed by atoms with Crippen molar-refractivity contribution in [1.82, 2.24) is 19.9 Å². The lowest BCUT2D eigenvalue weighted by Gasteiger charge is -2.16. The van der Waals surface area contributed by atoms with E-state index in [9.17, 15) is 0 Å². The summed E-state index contributed by atoms with van der Waals surface area (Å²) in [7, 11) is 0. The first-order valence-corrected chi connectivity index (χ1v) is 7.33. The summed E-state index contributed by atoms with van der Waals surface area (Å²) in [6, 6.07) is 0. The Bertz CT molecular complexity index is 499. The molecule has 0 fully saturated rings. The average Bonchev–Trinajstić information content (AvgIpc) is 2.88. The highest BCUT2D eigenvalue weighted by Crippen LogP contribution is 2.23. The summed E-state index contributed by atoms with van der Waals surface area (Å²) in [5, 5.41) is 0.911. The van der Waals surface area contributed by atoms with Crippen molar-refractivity contribution in [2.45, 2.75) is 31.6 Å². The van der Waals surface area contributed by atoms with Crippen LogP contribution in [0.15, 0.2) is 17.7 Å². The molecule has 0 spiro atoms. The molecule has 104 valence electrons. The molecule has 6 nitrogen and oxygen atoms in total. The molecule has 0 radical (unpaired) electrons. The summed E-state index contributed by atoms with van der Waals surface area (Å²) in [6.45, 7) is 5.26. The second kappa shape index (κ2) is 7.42. The average molecular weight is 282 g/mol. The van der Waals surface area contributed by atoms with Crippen molar-refractivity contribution in [1.29, 1.82) is 0 Å². The number of H-pyrrole nitrogens is 1. The SMILES string of the molecule is CCOC(CCSc1ncnc2nc[nH]c12)OCC. The fourth-order valence-corrected chi connectivity index (χ4v) is 2.61. The summed E-state index contributed by atoms with van der Waals surface area (Å²) in [5.41, 5.74) is 1.58. The Balaban J connectivity index is 1.89. The normalized spacial score (nSPS) is 11.5. The van der Waals surface area contributed by atoms with Gasteiger partial charge in [-0.1, -0.05) is 0 Å². The molecule has 0 aliphatic carbocycles. The van der Waals surface area contributed by atoms with Crippen LogP contribution in [0.4, 0.5) is 0 Å². The molecule has 2 heterocycles. The summed E-state index contributed by atoms with van der Waals surface area (Å²) < 4.78 is 11.0. The van der Waals surface area contributed by atoms with Gasteiger partial charge in [-0.15, -0.1) is 11.8 Å². The van der Waals surface area contributed by atoms with Gasteiger partial charge >= 0.3 is 0 Å². The Morgan fingerprint density at radius 2 is 2.00 bits per heavy atom. The predicted molar refractivity (Wildman–Crippen MR) is 74.1 cm³/mol. The zero-order valence-corrected chi connectivity index (χ0v) is 11.9. The highest BCUT2D eigenvalue weighted by molar-refractivity contribution is 7.99. The lowest BCUT2D eigenvalue weighted by Crippen LogP contribution is -2.18. The quantitative estimate of drug-likeness (QED) is 0.455. The van der Waals surface area contributed by atoms with Crippen LogP contribution >= 0.6 is 11.8 Å². The van der Waals surface area contributed by atoms with E-state index in [1.165, 1.54) is 6.33 Å². The number of rotatable bonds is 8. The molecule has 0 atom stereocenters. The topological polar surface area (TPSA) is 72.9 Å². The van der Waals surface area contributed by atoms with E-state index in [-0.39, 0.29) is 6.29 Å². The number of nitrogens with one attached hydrogen (secondary N) is 1. The lowest BCUT2D eigenvalue weighted by atomic mass is 10.5. The van der Waals surface area contributed by atoms with Crippen molar-refractivity contribution in [3.63, 3.8) is 0 Å². The van der Waals surface area contributed by atoms with Crippen LogP contribution in [0.2, 0.25) is 0 Å². The first kappa shape index (κ1) is 14.2. The maximum atomic E-state index is 5.50. The Morgan fingerprint density at radius 1 is 1.21 bits per heavy atom. The fraction of sp³-hybridized carbons (Fsp3) is 0.583. The predicted octanol–water partition coefficient (Wildman–Crippen LogP) is 2.23. The van der Waals surface area contributed by atoms with Gasteiger partial charge in [0, 0.05) is 25.4 Å². The van der Waals surface area contributed by atoms with E-state index in [1.54, 1.807) is 18.1 Å². The van der Waals surface area contributed by atoms with Gasteiger partial charge in [0.1, 0.15) is 16.9 Å².